The van der Waals surface area contributed by atoms with Crippen LogP contribution < -0.4 is 4.72 Å². The topological polar surface area (TPSA) is 88.0 Å². The summed E-state index contributed by atoms with van der Waals surface area (Å²) in [6, 6.07) is 21.4. The van der Waals surface area contributed by atoms with Gasteiger partial charge in [0.05, 0.1) is 12.2 Å². The van der Waals surface area contributed by atoms with Gasteiger partial charge >= 0.3 is 0 Å². The number of benzene rings is 1. The number of hydrogen-bond acceptors (Lipinski definition) is 4. The Balaban J connectivity index is 1.87. The lowest BCUT2D eigenvalue weighted by molar-refractivity contribution is 0.547. The van der Waals surface area contributed by atoms with Gasteiger partial charge in [-0.3, -0.25) is 19.5 Å². The Bertz CT molecular complexity index is 1140. The molecule has 3 heterocycles. The molecule has 0 aliphatic carbocycles. The zero-order valence-corrected chi connectivity index (χ0v) is 18.6. The van der Waals surface area contributed by atoms with E-state index in [1.165, 1.54) is 0 Å². The molecule has 0 amide bonds. The maximum Gasteiger partial charge on any atom is 0.232 e. The van der Waals surface area contributed by atoms with Crippen LogP contribution in [-0.2, 0) is 17.8 Å². The normalized spacial score (nSPS) is 13.1. The van der Waals surface area contributed by atoms with Crippen molar-refractivity contribution in [3.8, 4) is 0 Å². The molecular weight excluding hydrogens is 444 g/mol. The quantitative estimate of drug-likeness (QED) is 0.368. The SMILES string of the molecule is O=S(O)NCc1cccc(C(c2ccc(Cl)cc2)C(c2cccnc2)c2cccnc2)n1. The fourth-order valence-electron chi connectivity index (χ4n) is 3.81. The molecule has 4 rings (SSSR count). The van der Waals surface area contributed by atoms with E-state index in [0.717, 1.165) is 22.4 Å². The van der Waals surface area contributed by atoms with E-state index in [-0.39, 0.29) is 18.4 Å². The van der Waals surface area contributed by atoms with Crippen molar-refractivity contribution in [2.24, 2.45) is 0 Å². The summed E-state index contributed by atoms with van der Waals surface area (Å²) in [5.41, 5.74) is 4.59. The summed E-state index contributed by atoms with van der Waals surface area (Å²) in [7, 11) is 0. The first-order chi connectivity index (χ1) is 15.6. The molecule has 8 heteroatoms. The smallest absolute Gasteiger partial charge is 0.232 e. The van der Waals surface area contributed by atoms with Crippen LogP contribution in [0.2, 0.25) is 5.02 Å². The highest BCUT2D eigenvalue weighted by atomic mass is 35.5. The number of nitrogens with zero attached hydrogens (tertiary/aromatic N) is 3. The van der Waals surface area contributed by atoms with Crippen molar-refractivity contribution >= 4 is 22.9 Å². The number of rotatable bonds is 8. The van der Waals surface area contributed by atoms with Crippen molar-refractivity contribution in [2.75, 3.05) is 0 Å². The second kappa shape index (κ2) is 10.6. The van der Waals surface area contributed by atoms with Gasteiger partial charge in [0.1, 0.15) is 0 Å². The van der Waals surface area contributed by atoms with Crippen LogP contribution in [0.5, 0.6) is 0 Å². The van der Waals surface area contributed by atoms with E-state index in [4.69, 9.17) is 21.1 Å². The average molecular weight is 465 g/mol. The minimum absolute atomic E-state index is 0.110. The molecule has 32 heavy (non-hydrogen) atoms. The number of aromatic nitrogens is 3. The van der Waals surface area contributed by atoms with Crippen LogP contribution in [0.15, 0.2) is 91.5 Å². The number of nitrogens with one attached hydrogen (secondary N) is 1. The second-order valence-electron chi connectivity index (χ2n) is 7.20. The first-order valence-corrected chi connectivity index (χ1v) is 11.5. The Morgan fingerprint density at radius 2 is 1.50 bits per heavy atom. The van der Waals surface area contributed by atoms with Crippen LogP contribution in [0.3, 0.4) is 0 Å². The van der Waals surface area contributed by atoms with Crippen LogP contribution in [0.1, 0.15) is 39.9 Å². The summed E-state index contributed by atoms with van der Waals surface area (Å²) in [6.45, 7) is 0.175. The van der Waals surface area contributed by atoms with E-state index >= 15 is 0 Å². The summed E-state index contributed by atoms with van der Waals surface area (Å²) in [5.74, 6) is -0.276. The van der Waals surface area contributed by atoms with Gasteiger partial charge in [0.25, 0.3) is 0 Å². The summed E-state index contributed by atoms with van der Waals surface area (Å²) in [5, 5.41) is 0.656. The molecule has 2 N–H and O–H groups in total. The molecule has 0 spiro atoms. The first-order valence-electron chi connectivity index (χ1n) is 9.97. The third-order valence-corrected chi connectivity index (χ3v) is 5.82. The molecular formula is C24H21ClN4O2S. The summed E-state index contributed by atoms with van der Waals surface area (Å²) in [4.78, 5) is 13.5. The first kappa shape index (κ1) is 22.2. The van der Waals surface area contributed by atoms with Gasteiger partial charge in [0.15, 0.2) is 0 Å². The predicted octanol–water partition coefficient (Wildman–Crippen LogP) is 4.72. The zero-order valence-electron chi connectivity index (χ0n) is 17.0. The van der Waals surface area contributed by atoms with E-state index in [0.29, 0.717) is 10.7 Å². The standard InChI is InChI=1S/C24H21ClN4O2S/c25-20-10-8-17(9-11-20)24(22-7-1-6-21(29-22)16-28-32(30)31)23(18-4-2-12-26-14-18)19-5-3-13-27-15-19/h1-15,23-24,28H,16H2,(H,30,31). The number of hydrogen-bond donors (Lipinski definition) is 2. The monoisotopic (exact) mass is 464 g/mol. The van der Waals surface area contributed by atoms with Crippen LogP contribution >= 0.6 is 11.6 Å². The largest absolute Gasteiger partial charge is 0.294 e. The van der Waals surface area contributed by atoms with Crippen LogP contribution in [0.4, 0.5) is 0 Å². The van der Waals surface area contributed by atoms with Gasteiger partial charge in [-0.15, -0.1) is 0 Å². The maximum atomic E-state index is 11.1. The zero-order chi connectivity index (χ0) is 22.3. The van der Waals surface area contributed by atoms with E-state index in [1.807, 2.05) is 79.1 Å². The highest BCUT2D eigenvalue weighted by molar-refractivity contribution is 7.77. The minimum Gasteiger partial charge on any atom is -0.294 e. The third-order valence-electron chi connectivity index (χ3n) is 5.17. The van der Waals surface area contributed by atoms with E-state index in [9.17, 15) is 4.21 Å². The number of pyridine rings is 3. The summed E-state index contributed by atoms with van der Waals surface area (Å²) < 4.78 is 22.7. The summed E-state index contributed by atoms with van der Waals surface area (Å²) >= 11 is 4.06. The molecule has 0 bridgehead atoms. The molecule has 2 unspecified atom stereocenters. The van der Waals surface area contributed by atoms with Crippen molar-refractivity contribution in [2.45, 2.75) is 18.4 Å². The van der Waals surface area contributed by atoms with E-state index < -0.39 is 11.3 Å². The molecule has 2 atom stereocenters. The molecule has 0 saturated heterocycles. The van der Waals surface area contributed by atoms with Crippen LogP contribution in [0, 0.1) is 0 Å². The van der Waals surface area contributed by atoms with Gasteiger partial charge < -0.3 is 0 Å². The molecule has 4 aromatic rings. The maximum absolute atomic E-state index is 11.1. The van der Waals surface area contributed by atoms with E-state index in [1.54, 1.807) is 12.4 Å². The van der Waals surface area contributed by atoms with E-state index in [2.05, 4.69) is 14.7 Å². The Morgan fingerprint density at radius 3 is 2.06 bits per heavy atom. The van der Waals surface area contributed by atoms with Crippen molar-refractivity contribution in [1.29, 1.82) is 0 Å². The molecule has 0 aliphatic rings. The van der Waals surface area contributed by atoms with Gasteiger partial charge in [-0.25, -0.2) is 8.93 Å². The van der Waals surface area contributed by atoms with Gasteiger partial charge in [0.2, 0.25) is 11.3 Å². The van der Waals surface area contributed by atoms with Gasteiger partial charge in [0, 0.05) is 47.3 Å². The predicted molar refractivity (Wildman–Crippen MR) is 125 cm³/mol. The van der Waals surface area contributed by atoms with Crippen molar-refractivity contribution in [1.82, 2.24) is 19.7 Å². The number of halogens is 1. The minimum atomic E-state index is -2.11. The molecule has 3 aromatic heterocycles. The Morgan fingerprint density at radius 1 is 0.844 bits per heavy atom. The fourth-order valence-corrected chi connectivity index (χ4v) is 4.20. The van der Waals surface area contributed by atoms with Gasteiger partial charge in [-0.2, -0.15) is 0 Å². The fraction of sp³-hybridized carbons (Fsp3) is 0.125. The highest BCUT2D eigenvalue weighted by Crippen LogP contribution is 2.42. The Labute approximate surface area is 194 Å². The van der Waals surface area contributed by atoms with Gasteiger partial charge in [-0.05, 0) is 53.1 Å². The molecule has 0 radical (unpaired) electrons. The lowest BCUT2D eigenvalue weighted by Gasteiger charge is -2.28. The van der Waals surface area contributed by atoms with Crippen LogP contribution in [-0.4, -0.2) is 23.7 Å². The van der Waals surface area contributed by atoms with Crippen molar-refractivity contribution in [3.05, 3.63) is 125 Å². The molecule has 6 nitrogen and oxygen atoms in total. The molecule has 0 saturated carbocycles. The highest BCUT2D eigenvalue weighted by Gasteiger charge is 2.30. The molecule has 162 valence electrons. The Kier molecular flexibility index (Phi) is 7.34. The van der Waals surface area contributed by atoms with Crippen molar-refractivity contribution in [3.63, 3.8) is 0 Å². The van der Waals surface area contributed by atoms with Crippen molar-refractivity contribution < 1.29 is 8.76 Å². The summed E-state index contributed by atoms with van der Waals surface area (Å²) in [6.07, 6.45) is 7.23. The average Bonchev–Trinajstić information content (AvgIpc) is 2.83. The molecule has 0 fully saturated rings. The van der Waals surface area contributed by atoms with Gasteiger partial charge in [-0.1, -0.05) is 41.9 Å². The third kappa shape index (κ3) is 5.44. The molecule has 1 aromatic carbocycles. The lowest BCUT2D eigenvalue weighted by atomic mass is 9.76. The van der Waals surface area contributed by atoms with Crippen LogP contribution in [0.25, 0.3) is 0 Å². The lowest BCUT2D eigenvalue weighted by Crippen LogP contribution is -2.19. The molecule has 0 aliphatic heterocycles. The Hall–Kier alpha value is -2.97. The second-order valence-corrected chi connectivity index (χ2v) is 8.43.